The van der Waals surface area contributed by atoms with Crippen LogP contribution in [0.25, 0.3) is 0 Å². The van der Waals surface area contributed by atoms with E-state index in [4.69, 9.17) is 13.6 Å². The number of hydrogen-bond acceptors (Lipinski definition) is 3. The molecule has 3 atom stereocenters. The first-order valence-electron chi connectivity index (χ1n) is 8.41. The maximum absolute atomic E-state index is 12.0. The molecule has 2 N–H and O–H groups in total. The van der Waals surface area contributed by atoms with Crippen molar-refractivity contribution in [2.45, 2.75) is 44.0 Å². The third-order valence-corrected chi connectivity index (χ3v) is 5.10. The van der Waals surface area contributed by atoms with Gasteiger partial charge in [0.25, 0.3) is 0 Å². The Bertz CT molecular complexity index is 613. The van der Waals surface area contributed by atoms with Gasteiger partial charge in [-0.1, -0.05) is 31.3 Å². The predicted octanol–water partition coefficient (Wildman–Crippen LogP) is 1.68. The monoisotopic (exact) mass is 310 g/mol. The Morgan fingerprint density at radius 2 is 2.17 bits per heavy atom. The number of carbonyl (C=O) groups excluding carboxylic acids is 2. The molecule has 0 bridgehead atoms. The van der Waals surface area contributed by atoms with E-state index in [1.807, 2.05) is 24.0 Å². The second-order valence-electron chi connectivity index (χ2n) is 6.91. The summed E-state index contributed by atoms with van der Waals surface area (Å²) >= 11 is 0. The molecular formula is C18H23BN2O2. The Morgan fingerprint density at radius 3 is 2.74 bits per heavy atom. The van der Waals surface area contributed by atoms with Gasteiger partial charge in [-0.2, -0.15) is 0 Å². The van der Waals surface area contributed by atoms with E-state index >= 15 is 0 Å². The van der Waals surface area contributed by atoms with E-state index in [9.17, 15) is 9.59 Å². The number of aldehydes is 1. The zero-order valence-corrected chi connectivity index (χ0v) is 13.6. The van der Waals surface area contributed by atoms with Crippen molar-refractivity contribution in [1.82, 2.24) is 4.90 Å². The van der Waals surface area contributed by atoms with Crippen molar-refractivity contribution in [3.63, 3.8) is 0 Å². The second kappa shape index (κ2) is 6.48. The van der Waals surface area contributed by atoms with Crippen molar-refractivity contribution in [2.75, 3.05) is 13.1 Å². The molecule has 1 aromatic rings. The van der Waals surface area contributed by atoms with Gasteiger partial charge >= 0.3 is 0 Å². The molecule has 1 saturated carbocycles. The fourth-order valence-corrected chi connectivity index (χ4v) is 3.34. The number of hydrogen-bond donors (Lipinski definition) is 1. The van der Waals surface area contributed by atoms with Crippen LogP contribution in [0.1, 0.15) is 47.2 Å². The molecule has 3 rings (SSSR count). The summed E-state index contributed by atoms with van der Waals surface area (Å²) < 4.78 is 0. The van der Waals surface area contributed by atoms with Crippen LogP contribution >= 0.6 is 0 Å². The fourth-order valence-electron chi connectivity index (χ4n) is 3.34. The third kappa shape index (κ3) is 3.35. The minimum absolute atomic E-state index is 0.0393. The van der Waals surface area contributed by atoms with Gasteiger partial charge in [0, 0.05) is 18.7 Å². The van der Waals surface area contributed by atoms with Gasteiger partial charge in [0.15, 0.2) is 0 Å². The topological polar surface area (TPSA) is 63.4 Å². The molecule has 5 heteroatoms. The SMILES string of the molecule is [B]C1CC1c1ccc(CC2CN(C(=O)C(N)CC)C2)c(C=O)c1. The highest BCUT2D eigenvalue weighted by Crippen LogP contribution is 2.50. The molecule has 1 amide bonds. The highest BCUT2D eigenvalue weighted by molar-refractivity contribution is 6.14. The number of nitrogens with zero attached hydrogens (tertiary/aromatic N) is 1. The van der Waals surface area contributed by atoms with E-state index in [0.29, 0.717) is 18.3 Å². The number of nitrogens with two attached hydrogens (primary N) is 1. The summed E-state index contributed by atoms with van der Waals surface area (Å²) in [5.74, 6) is 1.11. The summed E-state index contributed by atoms with van der Waals surface area (Å²) in [5, 5.41) is 0. The average Bonchev–Trinajstić information content (AvgIpc) is 3.25. The number of rotatable bonds is 6. The quantitative estimate of drug-likeness (QED) is 0.642. The lowest BCUT2D eigenvalue weighted by atomic mass is 9.88. The minimum Gasteiger partial charge on any atom is -0.341 e. The summed E-state index contributed by atoms with van der Waals surface area (Å²) in [5.41, 5.74) is 8.78. The van der Waals surface area contributed by atoms with E-state index in [1.165, 1.54) is 5.56 Å². The van der Waals surface area contributed by atoms with E-state index in [2.05, 4.69) is 6.07 Å². The van der Waals surface area contributed by atoms with Crippen molar-refractivity contribution in [1.29, 1.82) is 0 Å². The van der Waals surface area contributed by atoms with E-state index in [1.54, 1.807) is 0 Å². The first-order valence-corrected chi connectivity index (χ1v) is 8.41. The van der Waals surface area contributed by atoms with Crippen molar-refractivity contribution >= 4 is 20.0 Å². The maximum atomic E-state index is 12.0. The molecule has 1 saturated heterocycles. The summed E-state index contributed by atoms with van der Waals surface area (Å²) in [6.45, 7) is 3.39. The number of carbonyl (C=O) groups is 2. The molecule has 1 aliphatic heterocycles. The van der Waals surface area contributed by atoms with Gasteiger partial charge in [-0.3, -0.25) is 9.59 Å². The molecule has 2 radical (unpaired) electrons. The van der Waals surface area contributed by atoms with Crippen molar-refractivity contribution in [3.05, 3.63) is 34.9 Å². The Morgan fingerprint density at radius 1 is 1.48 bits per heavy atom. The number of benzene rings is 1. The first kappa shape index (κ1) is 16.3. The Balaban J connectivity index is 1.59. The Labute approximate surface area is 138 Å². The Kier molecular flexibility index (Phi) is 4.58. The zero-order valence-electron chi connectivity index (χ0n) is 13.6. The third-order valence-electron chi connectivity index (χ3n) is 5.10. The van der Waals surface area contributed by atoms with E-state index in [-0.39, 0.29) is 17.8 Å². The van der Waals surface area contributed by atoms with Gasteiger partial charge in [-0.05, 0) is 41.9 Å². The van der Waals surface area contributed by atoms with Crippen LogP contribution < -0.4 is 5.73 Å². The summed E-state index contributed by atoms with van der Waals surface area (Å²) in [6, 6.07) is 5.73. The standard InChI is InChI=1S/C18H23BN2O2/c1-2-17(20)18(23)21-8-11(9-21)5-12-3-4-13(6-14(12)10-22)15-7-16(15)19/h3-4,6,10-11,15-17H,2,5,7-9,20H2,1H3. The molecular weight excluding hydrogens is 287 g/mol. The van der Waals surface area contributed by atoms with Crippen LogP contribution in [0, 0.1) is 5.92 Å². The van der Waals surface area contributed by atoms with E-state index in [0.717, 1.165) is 43.3 Å². The largest absolute Gasteiger partial charge is 0.341 e. The normalized spacial score (nSPS) is 24.9. The smallest absolute Gasteiger partial charge is 0.239 e. The van der Waals surface area contributed by atoms with Crippen molar-refractivity contribution < 1.29 is 9.59 Å². The highest BCUT2D eigenvalue weighted by atomic mass is 16.2. The van der Waals surface area contributed by atoms with Gasteiger partial charge in [-0.15, -0.1) is 0 Å². The highest BCUT2D eigenvalue weighted by Gasteiger charge is 2.35. The molecule has 23 heavy (non-hydrogen) atoms. The molecule has 1 aliphatic carbocycles. The lowest BCUT2D eigenvalue weighted by molar-refractivity contribution is -0.138. The predicted molar refractivity (Wildman–Crippen MR) is 90.7 cm³/mol. The molecule has 120 valence electrons. The second-order valence-corrected chi connectivity index (χ2v) is 6.91. The lowest BCUT2D eigenvalue weighted by Gasteiger charge is -2.40. The maximum Gasteiger partial charge on any atom is 0.239 e. The molecule has 2 fully saturated rings. The average molecular weight is 310 g/mol. The fraction of sp³-hybridized carbons (Fsp3) is 0.556. The van der Waals surface area contributed by atoms with Crippen LogP contribution in [-0.4, -0.2) is 44.1 Å². The molecule has 0 spiro atoms. The Hall–Kier alpha value is -1.62. The molecule has 1 heterocycles. The first-order chi connectivity index (χ1) is 11.0. The van der Waals surface area contributed by atoms with Gasteiger partial charge in [0.1, 0.15) is 6.29 Å². The summed E-state index contributed by atoms with van der Waals surface area (Å²) in [6.07, 6.45) is 3.44. The van der Waals surface area contributed by atoms with Crippen molar-refractivity contribution in [3.8, 4) is 0 Å². The van der Waals surface area contributed by atoms with Crippen LogP contribution in [0.2, 0.25) is 5.82 Å². The van der Waals surface area contributed by atoms with Crippen LogP contribution in [0.3, 0.4) is 0 Å². The molecule has 1 aromatic carbocycles. The van der Waals surface area contributed by atoms with Gasteiger partial charge in [-0.25, -0.2) is 0 Å². The van der Waals surface area contributed by atoms with Crippen LogP contribution in [0.15, 0.2) is 18.2 Å². The zero-order chi connectivity index (χ0) is 16.6. The van der Waals surface area contributed by atoms with Crippen molar-refractivity contribution in [2.24, 2.45) is 11.7 Å². The van der Waals surface area contributed by atoms with E-state index < -0.39 is 0 Å². The van der Waals surface area contributed by atoms with Crippen LogP contribution in [-0.2, 0) is 11.2 Å². The van der Waals surface area contributed by atoms with Crippen LogP contribution in [0.5, 0.6) is 0 Å². The van der Waals surface area contributed by atoms with Crippen LogP contribution in [0.4, 0.5) is 0 Å². The molecule has 2 aliphatic rings. The number of likely N-dealkylation sites (tertiary alicyclic amines) is 1. The lowest BCUT2D eigenvalue weighted by Crippen LogP contribution is -2.55. The van der Waals surface area contributed by atoms with Gasteiger partial charge in [0.2, 0.25) is 5.91 Å². The summed E-state index contributed by atoms with van der Waals surface area (Å²) in [7, 11) is 5.88. The number of amides is 1. The molecule has 3 unspecified atom stereocenters. The van der Waals surface area contributed by atoms with Gasteiger partial charge < -0.3 is 10.6 Å². The molecule has 0 aromatic heterocycles. The summed E-state index contributed by atoms with van der Waals surface area (Å²) in [4.78, 5) is 25.2. The van der Waals surface area contributed by atoms with Gasteiger partial charge in [0.05, 0.1) is 13.9 Å². The minimum atomic E-state index is -0.386. The molecule has 4 nitrogen and oxygen atoms in total.